The predicted molar refractivity (Wildman–Crippen MR) is 288 cm³/mol. The Balaban J connectivity index is 0.770. The topological polar surface area (TPSA) is 233 Å². The number of aliphatic hydroxyl groups excluding tert-OH is 1. The maximum atomic E-state index is 14.2. The van der Waals surface area contributed by atoms with Gasteiger partial charge >= 0.3 is 0 Å². The van der Waals surface area contributed by atoms with Gasteiger partial charge in [0.1, 0.15) is 23.1 Å². The minimum atomic E-state index is -1.03. The molecule has 0 radical (unpaired) electrons. The Morgan fingerprint density at radius 3 is 2.36 bits per heavy atom. The molecule has 20 heteroatoms. The highest BCUT2D eigenvalue weighted by atomic mass is 32.1. The SMILES string of the molecule is C=CCn1c(=O)c2cnc(Nc3ccc(N4CCN(C(=O)CCC(=O)N[C@H](C(=O)N5C[C@@H](O)C[C@@H]5C(=O)N[C@H](C)c5ccc(-c6scnc6C)cc5)C(C)(C)C)CC4)cc3)nc2n1-c1ccc2c(n1)[C@@](O)(CC)CC2. The molecule has 5 N–H and O–H groups in total. The summed E-state index contributed by atoms with van der Waals surface area (Å²) in [6.07, 6.45) is 3.96. The third-order valence-corrected chi connectivity index (χ3v) is 15.7. The molecule has 0 unspecified atom stereocenters. The summed E-state index contributed by atoms with van der Waals surface area (Å²) in [7, 11) is 0. The molecule has 2 aliphatic heterocycles. The number of aromatic nitrogens is 6. The van der Waals surface area contributed by atoms with Crippen LogP contribution < -0.4 is 26.4 Å². The van der Waals surface area contributed by atoms with E-state index >= 15 is 0 Å². The number of aryl methyl sites for hydroxylation is 2. The van der Waals surface area contributed by atoms with Gasteiger partial charge in [0.05, 0.1) is 40.5 Å². The second-order valence-corrected chi connectivity index (χ2v) is 21.8. The summed E-state index contributed by atoms with van der Waals surface area (Å²) in [5.41, 5.74) is 6.26. The van der Waals surface area contributed by atoms with Crippen molar-refractivity contribution in [2.45, 2.75) is 116 Å². The van der Waals surface area contributed by atoms with E-state index in [9.17, 15) is 34.2 Å². The van der Waals surface area contributed by atoms with Crippen LogP contribution in [0.15, 0.2) is 89.8 Å². The van der Waals surface area contributed by atoms with Gasteiger partial charge < -0.3 is 40.9 Å². The van der Waals surface area contributed by atoms with Gasteiger partial charge in [0, 0.05) is 69.6 Å². The lowest BCUT2D eigenvalue weighted by Crippen LogP contribution is -2.58. The number of nitrogens with zero attached hydrogens (tertiary/aromatic N) is 9. The summed E-state index contributed by atoms with van der Waals surface area (Å²) < 4.78 is 3.17. The van der Waals surface area contributed by atoms with Gasteiger partial charge in [-0.3, -0.25) is 24.0 Å². The highest BCUT2D eigenvalue weighted by Crippen LogP contribution is 2.39. The molecule has 1 aliphatic carbocycles. The lowest BCUT2D eigenvalue weighted by molar-refractivity contribution is -0.144. The Kier molecular flexibility index (Phi) is 15.1. The van der Waals surface area contributed by atoms with Crippen molar-refractivity contribution in [3.63, 3.8) is 0 Å². The highest BCUT2D eigenvalue weighted by Gasteiger charge is 2.45. The number of hydrogen-bond donors (Lipinski definition) is 5. The normalized spacial score (nSPS) is 19.4. The first-order valence-electron chi connectivity index (χ1n) is 25.7. The van der Waals surface area contributed by atoms with Crippen LogP contribution in [0.4, 0.5) is 17.3 Å². The molecular formula is C55H66N12O7S. The van der Waals surface area contributed by atoms with E-state index in [2.05, 4.69) is 37.4 Å². The van der Waals surface area contributed by atoms with Crippen LogP contribution in [-0.2, 0) is 37.7 Å². The van der Waals surface area contributed by atoms with Gasteiger partial charge in [-0.2, -0.15) is 4.98 Å². The summed E-state index contributed by atoms with van der Waals surface area (Å²) in [6.45, 7) is 17.3. The summed E-state index contributed by atoms with van der Waals surface area (Å²) in [5.74, 6) is -0.745. The molecule has 3 aliphatic rings. The van der Waals surface area contributed by atoms with Gasteiger partial charge in [0.15, 0.2) is 11.5 Å². The zero-order valence-electron chi connectivity index (χ0n) is 43.4. The number of rotatable bonds is 16. The summed E-state index contributed by atoms with van der Waals surface area (Å²) in [5, 5.41) is 31.5. The second-order valence-electron chi connectivity index (χ2n) is 20.9. The fourth-order valence-electron chi connectivity index (χ4n) is 10.3. The number of β-amino-alcohol motifs (C(OH)–C–C–N with tert-alkyl or cyclic N) is 1. The van der Waals surface area contributed by atoms with Crippen LogP contribution in [0, 0.1) is 12.3 Å². The molecule has 9 rings (SSSR count). The van der Waals surface area contributed by atoms with Gasteiger partial charge in [-0.15, -0.1) is 17.9 Å². The number of pyridine rings is 1. The van der Waals surface area contributed by atoms with Crippen LogP contribution >= 0.6 is 11.3 Å². The Morgan fingerprint density at radius 1 is 0.960 bits per heavy atom. The molecule has 19 nitrogen and oxygen atoms in total. The maximum Gasteiger partial charge on any atom is 0.278 e. The molecule has 0 saturated carbocycles. The predicted octanol–water partition coefficient (Wildman–Crippen LogP) is 5.68. The molecule has 0 spiro atoms. The number of hydrogen-bond acceptors (Lipinski definition) is 14. The molecule has 394 valence electrons. The molecule has 4 aromatic heterocycles. The number of nitrogens with one attached hydrogen (secondary N) is 3. The Hall–Kier alpha value is -7.29. The number of fused-ring (bicyclic) bond motifs is 2. The van der Waals surface area contributed by atoms with Crippen molar-refractivity contribution >= 4 is 63.3 Å². The minimum absolute atomic E-state index is 0.0393. The maximum absolute atomic E-state index is 14.2. The summed E-state index contributed by atoms with van der Waals surface area (Å²) >= 11 is 1.57. The molecule has 75 heavy (non-hydrogen) atoms. The van der Waals surface area contributed by atoms with E-state index in [1.807, 2.05) is 108 Å². The fourth-order valence-corrected chi connectivity index (χ4v) is 11.2. The monoisotopic (exact) mass is 1040 g/mol. The van der Waals surface area contributed by atoms with Crippen LogP contribution in [0.1, 0.15) is 95.3 Å². The van der Waals surface area contributed by atoms with E-state index < -0.39 is 46.9 Å². The lowest BCUT2D eigenvalue weighted by Gasteiger charge is -2.36. The van der Waals surface area contributed by atoms with E-state index in [0.29, 0.717) is 61.6 Å². The summed E-state index contributed by atoms with van der Waals surface area (Å²) in [4.78, 5) is 93.3. The molecule has 4 amide bonds. The van der Waals surface area contributed by atoms with Crippen molar-refractivity contribution in [2.75, 3.05) is 42.9 Å². The smallest absolute Gasteiger partial charge is 0.278 e. The van der Waals surface area contributed by atoms with E-state index in [1.54, 1.807) is 27.0 Å². The molecule has 5 atom stereocenters. The summed E-state index contributed by atoms with van der Waals surface area (Å²) in [6, 6.07) is 17.1. The third kappa shape index (κ3) is 11.0. The largest absolute Gasteiger partial charge is 0.391 e. The van der Waals surface area contributed by atoms with Gasteiger partial charge in [0.2, 0.25) is 29.6 Å². The van der Waals surface area contributed by atoms with Gasteiger partial charge in [-0.1, -0.05) is 64.1 Å². The van der Waals surface area contributed by atoms with E-state index in [-0.39, 0.29) is 55.8 Å². The number of amides is 4. The van der Waals surface area contributed by atoms with Crippen LogP contribution in [-0.4, -0.2) is 124 Å². The number of likely N-dealkylation sites (tertiary alicyclic amines) is 1. The number of allylic oxidation sites excluding steroid dienone is 1. The average Bonchev–Trinajstić information content (AvgIpc) is 4.18. The van der Waals surface area contributed by atoms with Gasteiger partial charge in [0.25, 0.3) is 5.56 Å². The molecule has 2 saturated heterocycles. The molecule has 0 bridgehead atoms. The molecule has 6 heterocycles. The zero-order chi connectivity index (χ0) is 53.3. The molecular weight excluding hydrogens is 973 g/mol. The standard InChI is InChI=1S/C55H66N12O7S/c1-8-24-66-51(72)41-30-56-53(62-49(41)67(66)43-19-14-37-22-23-55(74,9-2)47(37)60-43)59-38-15-17-39(18-16-38)63-25-27-64(28-26-63)45(70)21-20-44(69)61-48(54(5,6)7)52(73)65-31-40(68)29-42(65)50(71)58-33(3)35-10-12-36(13-11-35)46-34(4)57-32-75-46/h8,10-19,30,32-33,40,42,48,68,74H,1,9,20-29,31H2,2-7H3,(H,58,71)(H,61,69)(H,56,59,62)/t33-,40+,42-,48-,55-/m1/s1. The second kappa shape index (κ2) is 21.5. The van der Waals surface area contributed by atoms with Crippen molar-refractivity contribution in [3.8, 4) is 16.3 Å². The van der Waals surface area contributed by atoms with Crippen molar-refractivity contribution < 1.29 is 29.4 Å². The quantitative estimate of drug-likeness (QED) is 0.0736. The van der Waals surface area contributed by atoms with E-state index in [0.717, 1.165) is 45.1 Å². The third-order valence-electron chi connectivity index (χ3n) is 14.7. The zero-order valence-corrected chi connectivity index (χ0v) is 44.2. The van der Waals surface area contributed by atoms with Crippen molar-refractivity contribution in [2.24, 2.45) is 5.41 Å². The molecule has 2 aromatic carbocycles. The molecule has 6 aromatic rings. The van der Waals surface area contributed by atoms with E-state index in [4.69, 9.17) is 9.97 Å². The number of anilines is 3. The van der Waals surface area contributed by atoms with Crippen LogP contribution in [0.2, 0.25) is 0 Å². The van der Waals surface area contributed by atoms with Crippen LogP contribution in [0.25, 0.3) is 27.3 Å². The van der Waals surface area contributed by atoms with Crippen LogP contribution in [0.3, 0.4) is 0 Å². The first-order valence-corrected chi connectivity index (χ1v) is 26.5. The number of carbonyl (C=O) groups is 4. The highest BCUT2D eigenvalue weighted by molar-refractivity contribution is 7.13. The van der Waals surface area contributed by atoms with E-state index in [1.165, 1.54) is 15.8 Å². The first-order chi connectivity index (χ1) is 35.8. The van der Waals surface area contributed by atoms with Gasteiger partial charge in [-0.25, -0.2) is 24.3 Å². The number of piperazine rings is 1. The number of thiazole rings is 1. The van der Waals surface area contributed by atoms with Gasteiger partial charge in [-0.05, 0) is 85.5 Å². The van der Waals surface area contributed by atoms with Crippen molar-refractivity contribution in [1.29, 1.82) is 0 Å². The number of benzene rings is 2. The minimum Gasteiger partial charge on any atom is -0.391 e. The molecule has 2 fully saturated rings. The lowest BCUT2D eigenvalue weighted by atomic mass is 9.85. The Labute approximate surface area is 439 Å². The van der Waals surface area contributed by atoms with Crippen LogP contribution in [0.5, 0.6) is 0 Å². The Morgan fingerprint density at radius 2 is 1.69 bits per heavy atom. The number of carbonyl (C=O) groups excluding carboxylic acids is 4. The Bertz CT molecular complexity index is 3170. The number of aliphatic hydroxyl groups is 2. The fraction of sp³-hybridized carbons (Fsp3) is 0.436. The van der Waals surface area contributed by atoms with Crippen molar-refractivity contribution in [3.05, 3.63) is 118 Å². The average molecular weight is 1040 g/mol. The van der Waals surface area contributed by atoms with Crippen molar-refractivity contribution in [1.82, 2.24) is 49.7 Å². The first kappa shape index (κ1) is 52.6.